The number of nitrogens with one attached hydrogen (secondary N) is 2. The third-order valence-corrected chi connectivity index (χ3v) is 6.30. The number of hydrogen-bond donors (Lipinski definition) is 2. The van der Waals surface area contributed by atoms with Crippen LogP contribution in [-0.4, -0.2) is 45.4 Å². The van der Waals surface area contributed by atoms with Crippen LogP contribution in [0.15, 0.2) is 47.4 Å². The summed E-state index contributed by atoms with van der Waals surface area (Å²) in [5, 5.41) is 3.24. The maximum atomic E-state index is 12.9. The first kappa shape index (κ1) is 19.4. The first-order chi connectivity index (χ1) is 12.8. The predicted molar refractivity (Wildman–Crippen MR) is 107 cm³/mol. The van der Waals surface area contributed by atoms with Gasteiger partial charge < -0.3 is 10.2 Å². The van der Waals surface area contributed by atoms with Crippen LogP contribution in [0.2, 0.25) is 0 Å². The van der Waals surface area contributed by atoms with Crippen molar-refractivity contribution in [2.45, 2.75) is 31.2 Å². The van der Waals surface area contributed by atoms with Gasteiger partial charge in [-0.1, -0.05) is 18.2 Å². The van der Waals surface area contributed by atoms with Crippen molar-refractivity contribution in [3.8, 4) is 0 Å². The first-order valence-electron chi connectivity index (χ1n) is 8.96. The SMILES string of the molecule is Cc1cccc(NS(=O)(=O)c2ccc(C)c(C(=O)N(C)C3CCNC3)c2)c1. The largest absolute Gasteiger partial charge is 0.337 e. The fraction of sp³-hybridized carbons (Fsp3) is 0.350. The quantitative estimate of drug-likeness (QED) is 0.826. The van der Waals surface area contributed by atoms with Crippen molar-refractivity contribution < 1.29 is 13.2 Å². The molecule has 1 saturated heterocycles. The molecule has 0 saturated carbocycles. The van der Waals surface area contributed by atoms with Crippen molar-refractivity contribution in [1.29, 1.82) is 0 Å². The zero-order valence-corrected chi connectivity index (χ0v) is 16.6. The molecule has 144 valence electrons. The minimum absolute atomic E-state index is 0.0795. The van der Waals surface area contributed by atoms with Crippen LogP contribution < -0.4 is 10.0 Å². The molecule has 1 amide bonds. The van der Waals surface area contributed by atoms with Gasteiger partial charge in [-0.25, -0.2) is 8.42 Å². The summed E-state index contributed by atoms with van der Waals surface area (Å²) in [6.07, 6.45) is 0.897. The smallest absolute Gasteiger partial charge is 0.261 e. The van der Waals surface area contributed by atoms with Crippen LogP contribution in [0.3, 0.4) is 0 Å². The number of carbonyl (C=O) groups is 1. The van der Waals surface area contributed by atoms with E-state index in [4.69, 9.17) is 0 Å². The minimum atomic E-state index is -3.78. The molecule has 1 unspecified atom stereocenters. The molecule has 6 nitrogen and oxygen atoms in total. The summed E-state index contributed by atoms with van der Waals surface area (Å²) in [7, 11) is -2.01. The second kappa shape index (κ2) is 7.70. The average molecular weight is 388 g/mol. The summed E-state index contributed by atoms with van der Waals surface area (Å²) in [6, 6.07) is 12.0. The molecule has 0 radical (unpaired) electrons. The second-order valence-electron chi connectivity index (χ2n) is 7.01. The Morgan fingerprint density at radius 1 is 1.19 bits per heavy atom. The maximum Gasteiger partial charge on any atom is 0.261 e. The number of carbonyl (C=O) groups excluding carboxylic acids is 1. The topological polar surface area (TPSA) is 78.5 Å². The average Bonchev–Trinajstić information content (AvgIpc) is 3.15. The van der Waals surface area contributed by atoms with Crippen LogP contribution in [0.25, 0.3) is 0 Å². The highest BCUT2D eigenvalue weighted by Gasteiger charge is 2.26. The summed E-state index contributed by atoms with van der Waals surface area (Å²) in [5.41, 5.74) is 2.63. The summed E-state index contributed by atoms with van der Waals surface area (Å²) < 4.78 is 28.1. The van der Waals surface area contributed by atoms with E-state index in [1.165, 1.54) is 12.1 Å². The number of anilines is 1. The molecule has 0 spiro atoms. The first-order valence-corrected chi connectivity index (χ1v) is 10.4. The lowest BCUT2D eigenvalue weighted by atomic mass is 10.1. The van der Waals surface area contributed by atoms with E-state index < -0.39 is 10.0 Å². The number of hydrogen-bond acceptors (Lipinski definition) is 4. The number of rotatable bonds is 5. The molecule has 2 aromatic carbocycles. The molecule has 0 aromatic heterocycles. The second-order valence-corrected chi connectivity index (χ2v) is 8.70. The Bertz CT molecular complexity index is 951. The van der Waals surface area contributed by atoms with E-state index in [0.717, 1.165) is 30.6 Å². The van der Waals surface area contributed by atoms with Crippen molar-refractivity contribution in [3.63, 3.8) is 0 Å². The van der Waals surface area contributed by atoms with Crippen LogP contribution in [0.5, 0.6) is 0 Å². The number of likely N-dealkylation sites (N-methyl/N-ethyl adjacent to an activating group) is 1. The van der Waals surface area contributed by atoms with E-state index >= 15 is 0 Å². The number of sulfonamides is 1. The Morgan fingerprint density at radius 2 is 1.96 bits per heavy atom. The zero-order chi connectivity index (χ0) is 19.6. The summed E-state index contributed by atoms with van der Waals surface area (Å²) >= 11 is 0. The summed E-state index contributed by atoms with van der Waals surface area (Å²) in [4.78, 5) is 14.7. The van der Waals surface area contributed by atoms with Crippen LogP contribution in [-0.2, 0) is 10.0 Å². The Labute approximate surface area is 160 Å². The monoisotopic (exact) mass is 387 g/mol. The number of aryl methyl sites for hydroxylation is 2. The maximum absolute atomic E-state index is 12.9. The van der Waals surface area contributed by atoms with Gasteiger partial charge >= 0.3 is 0 Å². The number of nitrogens with zero attached hydrogens (tertiary/aromatic N) is 1. The predicted octanol–water partition coefficient (Wildman–Crippen LogP) is 2.54. The molecule has 1 heterocycles. The van der Waals surface area contributed by atoms with Gasteiger partial charge in [-0.3, -0.25) is 9.52 Å². The molecule has 1 aliphatic rings. The lowest BCUT2D eigenvalue weighted by Crippen LogP contribution is -2.38. The highest BCUT2D eigenvalue weighted by atomic mass is 32.2. The molecule has 0 bridgehead atoms. The van der Waals surface area contributed by atoms with Crippen molar-refractivity contribution >= 4 is 21.6 Å². The van der Waals surface area contributed by atoms with Gasteiger partial charge in [-0.2, -0.15) is 0 Å². The Balaban J connectivity index is 1.88. The molecule has 7 heteroatoms. The van der Waals surface area contributed by atoms with Gasteiger partial charge in [0, 0.05) is 30.9 Å². The molecular weight excluding hydrogens is 362 g/mol. The zero-order valence-electron chi connectivity index (χ0n) is 15.8. The Hall–Kier alpha value is -2.38. The Kier molecular flexibility index (Phi) is 5.53. The van der Waals surface area contributed by atoms with Gasteiger partial charge in [0.15, 0.2) is 0 Å². The third-order valence-electron chi connectivity index (χ3n) is 4.92. The van der Waals surface area contributed by atoms with Gasteiger partial charge in [0.1, 0.15) is 0 Å². The minimum Gasteiger partial charge on any atom is -0.337 e. The van der Waals surface area contributed by atoms with E-state index in [9.17, 15) is 13.2 Å². The molecule has 27 heavy (non-hydrogen) atoms. The molecule has 1 atom stereocenters. The highest BCUT2D eigenvalue weighted by Crippen LogP contribution is 2.22. The fourth-order valence-electron chi connectivity index (χ4n) is 3.25. The van der Waals surface area contributed by atoms with Crippen molar-refractivity contribution in [3.05, 3.63) is 59.2 Å². The van der Waals surface area contributed by atoms with Crippen molar-refractivity contribution in [1.82, 2.24) is 10.2 Å². The fourth-order valence-corrected chi connectivity index (χ4v) is 4.32. The van der Waals surface area contributed by atoms with Gasteiger partial charge in [-0.05, 0) is 62.2 Å². The lowest BCUT2D eigenvalue weighted by Gasteiger charge is -2.24. The van der Waals surface area contributed by atoms with Gasteiger partial charge in [0.05, 0.1) is 4.90 Å². The summed E-state index contributed by atoms with van der Waals surface area (Å²) in [6.45, 7) is 5.36. The van der Waals surface area contributed by atoms with Crippen LogP contribution >= 0.6 is 0 Å². The van der Waals surface area contributed by atoms with Gasteiger partial charge in [0.25, 0.3) is 15.9 Å². The van der Waals surface area contributed by atoms with E-state index in [2.05, 4.69) is 10.0 Å². The van der Waals surface area contributed by atoms with Gasteiger partial charge in [0.2, 0.25) is 0 Å². The van der Waals surface area contributed by atoms with Crippen LogP contribution in [0.1, 0.15) is 27.9 Å². The van der Waals surface area contributed by atoms with Crippen molar-refractivity contribution in [2.24, 2.45) is 0 Å². The third kappa shape index (κ3) is 4.31. The highest BCUT2D eigenvalue weighted by molar-refractivity contribution is 7.92. The molecule has 1 aliphatic heterocycles. The van der Waals surface area contributed by atoms with E-state index in [1.807, 2.05) is 19.9 Å². The lowest BCUT2D eigenvalue weighted by molar-refractivity contribution is 0.0743. The van der Waals surface area contributed by atoms with Crippen LogP contribution in [0, 0.1) is 13.8 Å². The van der Waals surface area contributed by atoms with E-state index in [0.29, 0.717) is 11.3 Å². The summed E-state index contributed by atoms with van der Waals surface area (Å²) in [5.74, 6) is -0.159. The molecule has 0 aliphatic carbocycles. The van der Waals surface area contributed by atoms with E-state index in [1.54, 1.807) is 36.2 Å². The standard InChI is InChI=1S/C20H25N3O3S/c1-14-5-4-6-16(11-14)22-27(25,26)18-8-7-15(2)19(12-18)20(24)23(3)17-9-10-21-13-17/h4-8,11-12,17,21-22H,9-10,13H2,1-3H3. The molecule has 2 aromatic rings. The normalized spacial score (nSPS) is 16.9. The molecular formula is C20H25N3O3S. The molecule has 3 rings (SSSR count). The van der Waals surface area contributed by atoms with Gasteiger partial charge in [-0.15, -0.1) is 0 Å². The van der Waals surface area contributed by atoms with E-state index in [-0.39, 0.29) is 16.8 Å². The molecule has 1 fully saturated rings. The van der Waals surface area contributed by atoms with Crippen molar-refractivity contribution in [2.75, 3.05) is 24.9 Å². The number of amides is 1. The Morgan fingerprint density at radius 3 is 2.63 bits per heavy atom. The molecule has 2 N–H and O–H groups in total. The van der Waals surface area contributed by atoms with Crippen LogP contribution in [0.4, 0.5) is 5.69 Å². The number of benzene rings is 2.